The quantitative estimate of drug-likeness (QED) is 0.680. The van der Waals surface area contributed by atoms with Crippen molar-refractivity contribution >= 4 is 28.5 Å². The Bertz CT molecular complexity index is 663. The van der Waals surface area contributed by atoms with Crippen LogP contribution in [-0.2, 0) is 11.3 Å². The first kappa shape index (κ1) is 15.4. The Morgan fingerprint density at radius 3 is 2.73 bits per heavy atom. The summed E-state index contributed by atoms with van der Waals surface area (Å²) in [6, 6.07) is 11.9. The molecule has 1 saturated carbocycles. The van der Waals surface area contributed by atoms with Crippen molar-refractivity contribution < 1.29 is 13.9 Å². The number of hydrogen-bond acceptors (Lipinski definition) is 3. The van der Waals surface area contributed by atoms with Crippen LogP contribution in [0.4, 0.5) is 0 Å². The number of aryl methyl sites for hydroxylation is 1. The van der Waals surface area contributed by atoms with Crippen LogP contribution in [0.2, 0.25) is 0 Å². The molecule has 1 amide bonds. The molecule has 3 rings (SSSR count). The summed E-state index contributed by atoms with van der Waals surface area (Å²) < 4.78 is 12.3. The van der Waals surface area contributed by atoms with Crippen molar-refractivity contribution in [2.75, 3.05) is 6.61 Å². The largest absolute Gasteiger partial charge is 0.483 e. The number of hydrogen-bond donors (Lipinski definition) is 0. The number of nitrogens with zero attached hydrogens (tertiary/aromatic N) is 1. The van der Waals surface area contributed by atoms with Crippen molar-refractivity contribution in [3.05, 3.63) is 51.5 Å². The van der Waals surface area contributed by atoms with E-state index in [1.165, 1.54) is 0 Å². The van der Waals surface area contributed by atoms with Gasteiger partial charge < -0.3 is 14.1 Å². The number of benzene rings is 1. The Kier molecular flexibility index (Phi) is 4.71. The Morgan fingerprint density at radius 1 is 1.32 bits per heavy atom. The molecule has 0 unspecified atom stereocenters. The molecule has 1 aromatic carbocycles. The molecular weight excluding hydrogens is 393 g/mol. The molecule has 4 nitrogen and oxygen atoms in total. The highest BCUT2D eigenvalue weighted by Crippen LogP contribution is 2.29. The maximum absolute atomic E-state index is 12.5. The van der Waals surface area contributed by atoms with E-state index in [4.69, 9.17) is 9.15 Å². The van der Waals surface area contributed by atoms with E-state index in [0.717, 1.165) is 33.7 Å². The SMILES string of the molecule is Cc1ccc(CN(C(=O)COc2ccccc2I)C2CC2)o1. The Balaban J connectivity index is 1.62. The number of carbonyl (C=O) groups excluding carboxylic acids is 1. The summed E-state index contributed by atoms with van der Waals surface area (Å²) >= 11 is 2.21. The highest BCUT2D eigenvalue weighted by Gasteiger charge is 2.33. The lowest BCUT2D eigenvalue weighted by Gasteiger charge is -2.21. The molecule has 1 aliphatic carbocycles. The summed E-state index contributed by atoms with van der Waals surface area (Å²) in [5.74, 6) is 2.46. The van der Waals surface area contributed by atoms with E-state index in [9.17, 15) is 4.79 Å². The number of ether oxygens (including phenoxy) is 1. The molecule has 0 radical (unpaired) electrons. The average molecular weight is 411 g/mol. The number of rotatable bonds is 6. The van der Waals surface area contributed by atoms with Crippen LogP contribution in [0.25, 0.3) is 0 Å². The van der Waals surface area contributed by atoms with Crippen LogP contribution in [0.5, 0.6) is 5.75 Å². The number of furan rings is 1. The van der Waals surface area contributed by atoms with E-state index in [0.29, 0.717) is 12.6 Å². The lowest BCUT2D eigenvalue weighted by molar-refractivity contribution is -0.134. The highest BCUT2D eigenvalue weighted by molar-refractivity contribution is 14.1. The van der Waals surface area contributed by atoms with Gasteiger partial charge in [0.15, 0.2) is 6.61 Å². The fourth-order valence-electron chi connectivity index (χ4n) is 2.33. The molecular formula is C17H18INO3. The van der Waals surface area contributed by atoms with Crippen LogP contribution >= 0.6 is 22.6 Å². The van der Waals surface area contributed by atoms with Crippen molar-refractivity contribution in [1.82, 2.24) is 4.90 Å². The van der Waals surface area contributed by atoms with Gasteiger partial charge in [-0.2, -0.15) is 0 Å². The first-order valence-electron chi connectivity index (χ1n) is 7.35. The zero-order valence-electron chi connectivity index (χ0n) is 12.4. The van der Waals surface area contributed by atoms with Crippen molar-refractivity contribution in [3.8, 4) is 5.75 Å². The van der Waals surface area contributed by atoms with E-state index < -0.39 is 0 Å². The van der Waals surface area contributed by atoms with Gasteiger partial charge in [0.2, 0.25) is 0 Å². The maximum Gasteiger partial charge on any atom is 0.261 e. The maximum atomic E-state index is 12.5. The molecule has 0 saturated heterocycles. The van der Waals surface area contributed by atoms with Gasteiger partial charge in [-0.05, 0) is 66.6 Å². The smallest absolute Gasteiger partial charge is 0.261 e. The predicted octanol–water partition coefficient (Wildman–Crippen LogP) is 3.76. The Morgan fingerprint density at radius 2 is 2.09 bits per heavy atom. The van der Waals surface area contributed by atoms with Crippen molar-refractivity contribution in [3.63, 3.8) is 0 Å². The summed E-state index contributed by atoms with van der Waals surface area (Å²) in [7, 11) is 0. The van der Waals surface area contributed by atoms with Gasteiger partial charge >= 0.3 is 0 Å². The normalized spacial score (nSPS) is 13.9. The topological polar surface area (TPSA) is 42.7 Å². The van der Waals surface area contributed by atoms with Crippen LogP contribution in [0, 0.1) is 10.5 Å². The summed E-state index contributed by atoms with van der Waals surface area (Å²) in [6.07, 6.45) is 2.13. The van der Waals surface area contributed by atoms with Gasteiger partial charge in [0.25, 0.3) is 5.91 Å². The Labute approximate surface area is 143 Å². The zero-order valence-corrected chi connectivity index (χ0v) is 14.6. The van der Waals surface area contributed by atoms with E-state index >= 15 is 0 Å². The van der Waals surface area contributed by atoms with E-state index in [1.54, 1.807) is 0 Å². The van der Waals surface area contributed by atoms with Crippen LogP contribution in [0.3, 0.4) is 0 Å². The molecule has 1 heterocycles. The van der Waals surface area contributed by atoms with Crippen molar-refractivity contribution in [1.29, 1.82) is 0 Å². The standard InChI is InChI=1S/C17H18INO3/c1-12-6-9-14(22-12)10-19(13-7-8-13)17(20)11-21-16-5-3-2-4-15(16)18/h2-6,9,13H,7-8,10-11H2,1H3. The fourth-order valence-corrected chi connectivity index (χ4v) is 2.87. The minimum Gasteiger partial charge on any atom is -0.483 e. The van der Waals surface area contributed by atoms with E-state index in [-0.39, 0.29) is 12.5 Å². The second-order valence-electron chi connectivity index (χ2n) is 5.48. The second kappa shape index (κ2) is 6.73. The van der Waals surface area contributed by atoms with Gasteiger partial charge in [-0.25, -0.2) is 0 Å². The molecule has 0 bridgehead atoms. The molecule has 2 aromatic rings. The molecule has 1 fully saturated rings. The molecule has 1 aromatic heterocycles. The molecule has 0 N–H and O–H groups in total. The number of halogens is 1. The average Bonchev–Trinajstić information content (AvgIpc) is 3.26. The molecule has 5 heteroatoms. The fraction of sp³-hybridized carbons (Fsp3) is 0.353. The van der Waals surface area contributed by atoms with Crippen LogP contribution in [-0.4, -0.2) is 23.5 Å². The minimum atomic E-state index is 0.0104. The van der Waals surface area contributed by atoms with E-state index in [2.05, 4.69) is 22.6 Å². The van der Waals surface area contributed by atoms with Gasteiger partial charge in [-0.15, -0.1) is 0 Å². The van der Waals surface area contributed by atoms with Crippen molar-refractivity contribution in [2.24, 2.45) is 0 Å². The number of carbonyl (C=O) groups is 1. The number of para-hydroxylation sites is 1. The summed E-state index contributed by atoms with van der Waals surface area (Å²) in [5, 5.41) is 0. The minimum absolute atomic E-state index is 0.0104. The zero-order chi connectivity index (χ0) is 15.5. The summed E-state index contributed by atoms with van der Waals surface area (Å²) in [6.45, 7) is 2.50. The van der Waals surface area contributed by atoms with Crippen molar-refractivity contribution in [2.45, 2.75) is 32.4 Å². The molecule has 0 spiro atoms. The lowest BCUT2D eigenvalue weighted by atomic mass is 10.3. The molecule has 0 atom stereocenters. The van der Waals surface area contributed by atoms with Crippen LogP contribution in [0.15, 0.2) is 40.8 Å². The molecule has 22 heavy (non-hydrogen) atoms. The van der Waals surface area contributed by atoms with Crippen LogP contribution in [0.1, 0.15) is 24.4 Å². The second-order valence-corrected chi connectivity index (χ2v) is 6.65. The van der Waals surface area contributed by atoms with E-state index in [1.807, 2.05) is 48.2 Å². The molecule has 116 valence electrons. The van der Waals surface area contributed by atoms with Gasteiger partial charge in [0.05, 0.1) is 10.1 Å². The Hall–Kier alpha value is -1.50. The summed E-state index contributed by atoms with van der Waals surface area (Å²) in [5.41, 5.74) is 0. The first-order chi connectivity index (χ1) is 10.6. The monoisotopic (exact) mass is 411 g/mol. The molecule has 0 aliphatic heterocycles. The first-order valence-corrected chi connectivity index (χ1v) is 8.43. The van der Waals surface area contributed by atoms with Crippen LogP contribution < -0.4 is 4.74 Å². The number of amides is 1. The van der Waals surface area contributed by atoms with Gasteiger partial charge in [-0.3, -0.25) is 4.79 Å². The highest BCUT2D eigenvalue weighted by atomic mass is 127. The van der Waals surface area contributed by atoms with Gasteiger partial charge in [-0.1, -0.05) is 12.1 Å². The predicted molar refractivity (Wildman–Crippen MR) is 91.7 cm³/mol. The van der Waals surface area contributed by atoms with Gasteiger partial charge in [0.1, 0.15) is 17.3 Å². The summed E-state index contributed by atoms with van der Waals surface area (Å²) in [4.78, 5) is 14.3. The van der Waals surface area contributed by atoms with Gasteiger partial charge in [0, 0.05) is 6.04 Å². The lowest BCUT2D eigenvalue weighted by Crippen LogP contribution is -2.36. The third-order valence-electron chi connectivity index (χ3n) is 3.62. The third kappa shape index (κ3) is 3.82. The molecule has 1 aliphatic rings. The third-order valence-corrected chi connectivity index (χ3v) is 4.51.